The van der Waals surface area contributed by atoms with E-state index < -0.39 is 71.4 Å². The van der Waals surface area contributed by atoms with E-state index in [2.05, 4.69) is 72.2 Å². The van der Waals surface area contributed by atoms with Crippen LogP contribution in [-0.4, -0.2) is 175 Å². The molecule has 132 heavy (non-hydrogen) atoms. The van der Waals surface area contributed by atoms with Crippen LogP contribution in [0.5, 0.6) is 0 Å². The lowest BCUT2D eigenvalue weighted by Crippen LogP contribution is -2.57. The third-order valence-electron chi connectivity index (χ3n) is 23.5. The van der Waals surface area contributed by atoms with Gasteiger partial charge >= 0.3 is 0 Å². The smallest absolute Gasteiger partial charge is 0.262 e. The molecule has 6 aliphatic rings. The molecule has 29 heteroatoms. The van der Waals surface area contributed by atoms with Crippen molar-refractivity contribution in [3.8, 4) is 0 Å². The van der Waals surface area contributed by atoms with E-state index in [1.807, 2.05) is 84.9 Å². The maximum absolute atomic E-state index is 12.9. The van der Waals surface area contributed by atoms with Gasteiger partial charge in [0.15, 0.2) is 5.78 Å². The fourth-order valence-electron chi connectivity index (χ4n) is 16.8. The molecule has 0 saturated carbocycles. The molecule has 2 aromatic heterocycles. The van der Waals surface area contributed by atoms with Crippen molar-refractivity contribution in [1.82, 2.24) is 45.5 Å². The number of nitrogens with one attached hydrogen (secondary N) is 5. The van der Waals surface area contributed by atoms with Crippen LogP contribution in [0.25, 0.3) is 77.8 Å². The number of imide groups is 6. The van der Waals surface area contributed by atoms with Crippen molar-refractivity contribution in [1.29, 1.82) is 0 Å². The standard InChI is InChI=1S/2C18H14N2O3.2C17H12N2O4.C10H20O2.C9H19NO2.2C7H16O/c2*1-10-12-6-2-4-11-5-3-7-13(16(11)12)18(23)20(10)14-8-9-15(21)19-17(14)22;2*20-13-8-7-12(15(21)18-13)19-16(22)10-5-1-3-9-4-2-6-11(14(9)10)17(19)23;1-3-4-5-6-7-8-10(11)9-12-2;1-3-4-5-6-7-10-9(11)8-12-2;2*1-3-4-5-6-7-8-2/h2*2-7,14H,1,8-9H2,(H,19,21,22);2*1-6,12H,7-8H2,(H,18,20,21);3-9H2,1-2H3;3-8H2,1-2H3,(H,10,11);2*3-7H2,1-2H3. The summed E-state index contributed by atoms with van der Waals surface area (Å²) >= 11 is 0. The second-order valence-corrected chi connectivity index (χ2v) is 33.0. The first kappa shape index (κ1) is 103. The molecular weight excluding hydrogens is 1680 g/mol. The van der Waals surface area contributed by atoms with Crippen molar-refractivity contribution in [2.75, 3.05) is 61.4 Å². The maximum atomic E-state index is 12.9. The third-order valence-corrected chi connectivity index (χ3v) is 23.5. The number of hydrogen-bond donors (Lipinski definition) is 5. The molecule has 29 nitrogen and oxygen atoms in total. The number of unbranched alkanes of at least 4 members (excludes halogenated alkanes) is 13. The lowest BCUT2D eigenvalue weighted by Gasteiger charge is -2.34. The molecule has 4 unspecified atom stereocenters. The molecule has 5 N–H and O–H groups in total. The number of hydrogen-bond acceptors (Lipinski definition) is 20. The van der Waals surface area contributed by atoms with Crippen LogP contribution in [0.2, 0.25) is 0 Å². The number of rotatable bonds is 29. The molecule has 0 aliphatic carbocycles. The minimum atomic E-state index is -0.948. The summed E-state index contributed by atoms with van der Waals surface area (Å²) in [5, 5.41) is 22.2. The van der Waals surface area contributed by atoms with Crippen molar-refractivity contribution in [3.05, 3.63) is 199 Å². The van der Waals surface area contributed by atoms with Gasteiger partial charge in [-0.05, 0) is 109 Å². The number of ether oxygens (including phenoxy) is 4. The molecule has 0 spiro atoms. The number of ketones is 1. The van der Waals surface area contributed by atoms with Gasteiger partial charge in [0.2, 0.25) is 53.2 Å². The monoisotopic (exact) mass is 1810 g/mol. The molecule has 4 saturated heterocycles. The first-order chi connectivity index (χ1) is 63.7. The van der Waals surface area contributed by atoms with Gasteiger partial charge in [0, 0.05) is 156 Å². The summed E-state index contributed by atoms with van der Waals surface area (Å²) in [5.74, 6) is -5.22. The summed E-state index contributed by atoms with van der Waals surface area (Å²) in [6.45, 7) is 20.0. The number of methoxy groups -OCH3 is 4. The van der Waals surface area contributed by atoms with E-state index in [4.69, 9.17) is 14.2 Å². The van der Waals surface area contributed by atoms with E-state index in [1.165, 1.54) is 113 Å². The highest BCUT2D eigenvalue weighted by Gasteiger charge is 2.45. The molecular formula is C103H123N9O20. The Morgan fingerprint density at radius 3 is 0.939 bits per heavy atom. The van der Waals surface area contributed by atoms with Gasteiger partial charge in [0.1, 0.15) is 37.4 Å². The predicted molar refractivity (Wildman–Crippen MR) is 508 cm³/mol. The van der Waals surface area contributed by atoms with Crippen LogP contribution in [0.1, 0.15) is 248 Å². The number of carbonyl (C=O) groups is 14. The SMILES string of the molecule is C=c1c2cccc3cccc(c(=O)n1C1CCC(=O)NC1=O)c32.C=c1c2cccc3cccc(c(=O)n1C1CCC(=O)NC1=O)c32.CCCCCCCC(=O)COC.CCCCCCNC(=O)COC.CCCCCCOC.CCCCCCOC.O=C1CCC(N2C(=O)c3cccc4cccc(c34)C2=O)C(=O)N1.O=C1CCC(N2C(=O)c3cccc4cccc(c34)C2=O)C(=O)N1. The third kappa shape index (κ3) is 26.2. The Balaban J connectivity index is 0.000000175. The molecule has 13 amide bonds. The zero-order valence-electron chi connectivity index (χ0n) is 77.0. The molecule has 0 radical (unpaired) electrons. The summed E-state index contributed by atoms with van der Waals surface area (Å²) in [5.41, 5.74) is 1.14. The van der Waals surface area contributed by atoms with E-state index >= 15 is 0 Å². The number of amides is 13. The molecule has 8 aromatic carbocycles. The average molecular weight is 1810 g/mol. The van der Waals surface area contributed by atoms with Crippen molar-refractivity contribution in [2.24, 2.45) is 0 Å². The summed E-state index contributed by atoms with van der Waals surface area (Å²) in [6, 6.07) is 40.3. The Kier molecular flexibility index (Phi) is 40.2. The minimum absolute atomic E-state index is 0.0194. The van der Waals surface area contributed by atoms with Gasteiger partial charge in [-0.3, -0.25) is 117 Å². The topological polar surface area (TPSA) is 387 Å². The number of aromatic nitrogens is 2. The normalized spacial score (nSPS) is 16.7. The van der Waals surface area contributed by atoms with E-state index in [-0.39, 0.29) is 98.2 Å². The van der Waals surface area contributed by atoms with E-state index in [9.17, 15) is 76.7 Å². The van der Waals surface area contributed by atoms with Gasteiger partial charge in [0.05, 0.1) is 0 Å². The Morgan fingerprint density at radius 1 is 0.341 bits per heavy atom. The second kappa shape index (κ2) is 51.6. The quantitative estimate of drug-likeness (QED) is 0.0215. The molecule has 700 valence electrons. The average Bonchev–Trinajstić information content (AvgIpc) is 0.755. The Hall–Kier alpha value is -13.0. The number of carbonyl (C=O) groups excluding carboxylic acids is 14. The Bertz CT molecular complexity index is 5470. The fraction of sp³-hybridized carbons (Fsp3) is 0.417. The number of nitrogens with zero attached hydrogens (tertiary/aromatic N) is 4. The summed E-state index contributed by atoms with van der Waals surface area (Å²) in [6.07, 6.45) is 23.5. The number of pyridine rings is 2. The van der Waals surface area contributed by atoms with Crippen LogP contribution < -0.4 is 48.4 Å². The van der Waals surface area contributed by atoms with E-state index in [1.54, 1.807) is 82.0 Å². The number of piperidine rings is 4. The molecule has 0 bridgehead atoms. The van der Waals surface area contributed by atoms with Gasteiger partial charge < -0.3 is 24.3 Å². The van der Waals surface area contributed by atoms with E-state index in [0.717, 1.165) is 85.5 Å². The molecule has 4 atom stereocenters. The molecule has 10 aromatic rings. The van der Waals surface area contributed by atoms with Crippen molar-refractivity contribution in [2.45, 2.75) is 219 Å². The van der Waals surface area contributed by atoms with Crippen LogP contribution in [0, 0.1) is 0 Å². The highest BCUT2D eigenvalue weighted by Crippen LogP contribution is 2.35. The second-order valence-electron chi connectivity index (χ2n) is 33.0. The summed E-state index contributed by atoms with van der Waals surface area (Å²) in [7, 11) is 6.60. The van der Waals surface area contributed by atoms with Gasteiger partial charge in [-0.2, -0.15) is 0 Å². The Labute approximate surface area is 767 Å². The van der Waals surface area contributed by atoms with Crippen molar-refractivity contribution >= 4 is 160 Å². The van der Waals surface area contributed by atoms with Crippen LogP contribution in [-0.2, 0) is 66.9 Å². The highest BCUT2D eigenvalue weighted by molar-refractivity contribution is 6.28. The molecule has 4 fully saturated rings. The minimum Gasteiger partial charge on any atom is -0.385 e. The molecule has 6 aliphatic heterocycles. The zero-order chi connectivity index (χ0) is 95.5. The lowest BCUT2D eigenvalue weighted by atomic mass is 9.92. The van der Waals surface area contributed by atoms with Gasteiger partial charge in [-0.15, -0.1) is 0 Å². The largest absolute Gasteiger partial charge is 0.385 e. The van der Waals surface area contributed by atoms with E-state index in [0.29, 0.717) is 73.8 Å². The van der Waals surface area contributed by atoms with Gasteiger partial charge in [0.25, 0.3) is 34.7 Å². The van der Waals surface area contributed by atoms with Crippen molar-refractivity contribution < 1.29 is 86.1 Å². The van der Waals surface area contributed by atoms with Crippen LogP contribution >= 0.6 is 0 Å². The Morgan fingerprint density at radius 2 is 0.629 bits per heavy atom. The van der Waals surface area contributed by atoms with Crippen molar-refractivity contribution in [3.63, 3.8) is 0 Å². The number of Topliss-reactive ketones (excluding diaryl/α,β-unsaturated/α-hetero) is 1. The highest BCUT2D eigenvalue weighted by atomic mass is 16.5. The van der Waals surface area contributed by atoms with Gasteiger partial charge in [-0.25, -0.2) is 0 Å². The maximum Gasteiger partial charge on any atom is 0.262 e. The van der Waals surface area contributed by atoms with Crippen LogP contribution in [0.3, 0.4) is 0 Å². The summed E-state index contributed by atoms with van der Waals surface area (Å²) in [4.78, 5) is 195. The number of benzene rings is 8. The first-order valence-electron chi connectivity index (χ1n) is 45.7. The molecule has 16 rings (SSSR count). The van der Waals surface area contributed by atoms with Crippen LogP contribution in [0.15, 0.2) is 155 Å². The molecule has 8 heterocycles. The predicted octanol–water partition coefficient (Wildman–Crippen LogP) is 13.3. The fourth-order valence-corrected chi connectivity index (χ4v) is 16.8. The van der Waals surface area contributed by atoms with Gasteiger partial charge in [-0.1, -0.05) is 234 Å². The van der Waals surface area contributed by atoms with Crippen LogP contribution in [0.4, 0.5) is 0 Å². The first-order valence-corrected chi connectivity index (χ1v) is 45.7. The lowest BCUT2D eigenvalue weighted by molar-refractivity contribution is -0.137. The zero-order valence-corrected chi connectivity index (χ0v) is 77.0. The summed E-state index contributed by atoms with van der Waals surface area (Å²) < 4.78 is 22.0.